The number of benzene rings is 2. The highest BCUT2D eigenvalue weighted by Crippen LogP contribution is 2.62. The highest BCUT2D eigenvalue weighted by molar-refractivity contribution is 5.63. The van der Waals surface area contributed by atoms with E-state index in [1.807, 2.05) is 12.1 Å². The minimum Gasteiger partial charge on any atom is -0.482 e. The largest absolute Gasteiger partial charge is 0.482 e. The number of likely N-dealkylation sites (tertiary alicyclic amines) is 1. The van der Waals surface area contributed by atoms with Gasteiger partial charge in [-0.1, -0.05) is 18.2 Å². The van der Waals surface area contributed by atoms with Gasteiger partial charge in [-0.25, -0.2) is 0 Å². The number of likely N-dealkylation sites (N-methyl/N-ethyl adjacent to an activating group) is 1. The lowest BCUT2D eigenvalue weighted by Crippen LogP contribution is -2.64. The van der Waals surface area contributed by atoms with Crippen molar-refractivity contribution in [1.29, 1.82) is 0 Å². The maximum atomic E-state index is 10.9. The molecule has 2 heterocycles. The van der Waals surface area contributed by atoms with Crippen molar-refractivity contribution in [3.63, 3.8) is 0 Å². The first-order chi connectivity index (χ1) is 14.5. The van der Waals surface area contributed by atoms with Gasteiger partial charge in [0.2, 0.25) is 0 Å². The number of non-ortho nitro benzene ring substituents is 1. The lowest BCUT2D eigenvalue weighted by molar-refractivity contribution is -0.384. The number of aliphatic hydroxyl groups is 1. The van der Waals surface area contributed by atoms with E-state index in [4.69, 9.17) is 9.47 Å². The Morgan fingerprint density at radius 2 is 2.03 bits per heavy atom. The Balaban J connectivity index is 1.46. The molecule has 2 bridgehead atoms. The number of hydrogen-bond donors (Lipinski definition) is 1. The Morgan fingerprint density at radius 3 is 2.80 bits per heavy atom. The van der Waals surface area contributed by atoms with Crippen LogP contribution in [-0.4, -0.2) is 46.8 Å². The lowest BCUT2D eigenvalue weighted by atomic mass is 9.53. The molecule has 1 fully saturated rings. The minimum atomic E-state index is -0.657. The van der Waals surface area contributed by atoms with Gasteiger partial charge in [0.1, 0.15) is 18.0 Å². The second kappa shape index (κ2) is 6.06. The van der Waals surface area contributed by atoms with Crippen molar-refractivity contribution in [2.45, 2.75) is 36.5 Å². The maximum absolute atomic E-state index is 10.9. The molecule has 7 nitrogen and oxygen atoms in total. The van der Waals surface area contributed by atoms with Crippen molar-refractivity contribution in [2.24, 2.45) is 5.92 Å². The molecule has 0 unspecified atom stereocenters. The average Bonchev–Trinajstić information content (AvgIpc) is 3.09. The molecule has 0 radical (unpaired) electrons. The summed E-state index contributed by atoms with van der Waals surface area (Å²) in [5.74, 6) is 2.12. The monoisotopic (exact) mass is 406 g/mol. The van der Waals surface area contributed by atoms with E-state index in [0.717, 1.165) is 19.4 Å². The van der Waals surface area contributed by atoms with Gasteiger partial charge < -0.3 is 19.5 Å². The lowest BCUT2D eigenvalue weighted by Gasteiger charge is -2.56. The minimum absolute atomic E-state index is 0.0212. The first-order valence-electron chi connectivity index (χ1n) is 10.3. The molecule has 5 atom stereocenters. The molecule has 2 aromatic carbocycles. The summed E-state index contributed by atoms with van der Waals surface area (Å²) in [6.07, 6.45) is 4.97. The average molecular weight is 406 g/mol. The van der Waals surface area contributed by atoms with Crippen LogP contribution in [0.3, 0.4) is 0 Å². The summed E-state index contributed by atoms with van der Waals surface area (Å²) >= 11 is 0. The molecule has 0 aromatic heterocycles. The summed E-state index contributed by atoms with van der Waals surface area (Å²) in [6.45, 7) is 0.966. The summed E-state index contributed by atoms with van der Waals surface area (Å²) in [5, 5.41) is 21.7. The molecule has 0 saturated carbocycles. The van der Waals surface area contributed by atoms with Gasteiger partial charge in [-0.15, -0.1) is 0 Å². The fraction of sp³-hybridized carbons (Fsp3) is 0.391. The fourth-order valence-electron chi connectivity index (χ4n) is 6.07. The van der Waals surface area contributed by atoms with Gasteiger partial charge in [0, 0.05) is 35.1 Å². The van der Waals surface area contributed by atoms with Crippen LogP contribution >= 0.6 is 0 Å². The molecule has 1 saturated heterocycles. The SMILES string of the molecule is CN1CC[C@]23c4c5ccc(Oc6ccc([N+](=O)[O-])cc6)c4O[C@H]2[C@@H](O)C=C[C@H]3[C@H]1C5. The van der Waals surface area contributed by atoms with E-state index in [1.165, 1.54) is 23.3 Å². The number of nitro groups is 1. The summed E-state index contributed by atoms with van der Waals surface area (Å²) < 4.78 is 12.5. The number of rotatable bonds is 3. The molecule has 154 valence electrons. The second-order valence-electron chi connectivity index (χ2n) is 8.76. The van der Waals surface area contributed by atoms with Gasteiger partial charge in [0.05, 0.1) is 4.92 Å². The van der Waals surface area contributed by atoms with Gasteiger partial charge in [-0.2, -0.15) is 0 Å². The zero-order valence-electron chi connectivity index (χ0n) is 16.5. The van der Waals surface area contributed by atoms with Crippen molar-refractivity contribution in [3.05, 3.63) is 69.8 Å². The van der Waals surface area contributed by atoms with Crippen LogP contribution in [0.1, 0.15) is 17.5 Å². The number of hydrogen-bond acceptors (Lipinski definition) is 6. The second-order valence-corrected chi connectivity index (χ2v) is 8.76. The summed E-state index contributed by atoms with van der Waals surface area (Å²) in [6, 6.07) is 10.5. The van der Waals surface area contributed by atoms with Crippen LogP contribution in [0.2, 0.25) is 0 Å². The normalized spacial score (nSPS) is 33.0. The quantitative estimate of drug-likeness (QED) is 0.479. The molecule has 4 aliphatic rings. The van der Waals surface area contributed by atoms with Crippen molar-refractivity contribution in [3.8, 4) is 17.2 Å². The maximum Gasteiger partial charge on any atom is 0.269 e. The van der Waals surface area contributed by atoms with E-state index in [2.05, 4.69) is 24.1 Å². The Bertz CT molecular complexity index is 1080. The Labute approximate surface area is 173 Å². The molecule has 30 heavy (non-hydrogen) atoms. The molecule has 2 aliphatic heterocycles. The number of nitro benzene ring substituents is 1. The van der Waals surface area contributed by atoms with E-state index in [1.54, 1.807) is 12.1 Å². The molecule has 6 rings (SSSR count). The van der Waals surface area contributed by atoms with Crippen molar-refractivity contribution < 1.29 is 19.5 Å². The van der Waals surface area contributed by atoms with Crippen LogP contribution in [0.4, 0.5) is 5.69 Å². The van der Waals surface area contributed by atoms with Gasteiger partial charge in [0.25, 0.3) is 5.69 Å². The van der Waals surface area contributed by atoms with Crippen molar-refractivity contribution in [1.82, 2.24) is 4.90 Å². The third-order valence-corrected chi connectivity index (χ3v) is 7.41. The van der Waals surface area contributed by atoms with Crippen molar-refractivity contribution >= 4 is 5.69 Å². The van der Waals surface area contributed by atoms with E-state index in [9.17, 15) is 15.2 Å². The Hall–Kier alpha value is -2.90. The molecule has 2 aliphatic carbocycles. The highest BCUT2D eigenvalue weighted by atomic mass is 16.6. The Morgan fingerprint density at radius 1 is 1.23 bits per heavy atom. The van der Waals surface area contributed by atoms with Crippen LogP contribution in [0.15, 0.2) is 48.6 Å². The number of nitrogens with zero attached hydrogens (tertiary/aromatic N) is 2. The van der Waals surface area contributed by atoms with Crippen LogP contribution in [-0.2, 0) is 11.8 Å². The standard InChI is InChI=1S/C23H22N2O5/c1-24-11-10-23-16-7-8-18(26)22(23)30-21-19(9-2-13(20(21)23)12-17(16)24)29-15-5-3-14(4-6-15)25(27)28/h2-9,16-18,22,26H,10-12H2,1H3/t16-,17+,18-,22-,23-/m0/s1. The van der Waals surface area contributed by atoms with Gasteiger partial charge >= 0.3 is 0 Å². The number of aliphatic hydroxyl groups excluding tert-OH is 1. The molecular formula is C23H22N2O5. The van der Waals surface area contributed by atoms with E-state index < -0.39 is 11.0 Å². The first-order valence-corrected chi connectivity index (χ1v) is 10.3. The molecule has 1 N–H and O–H groups in total. The molecule has 1 spiro atoms. The molecule has 7 heteroatoms. The predicted octanol–water partition coefficient (Wildman–Crippen LogP) is 3.19. The van der Waals surface area contributed by atoms with Gasteiger partial charge in [0.15, 0.2) is 11.5 Å². The zero-order valence-corrected chi connectivity index (χ0v) is 16.5. The van der Waals surface area contributed by atoms with Crippen LogP contribution in [0.25, 0.3) is 0 Å². The topological polar surface area (TPSA) is 85.1 Å². The molecular weight excluding hydrogens is 384 g/mol. The van der Waals surface area contributed by atoms with Gasteiger partial charge in [-0.3, -0.25) is 10.1 Å². The molecule has 0 amide bonds. The number of ether oxygens (including phenoxy) is 2. The zero-order chi connectivity index (χ0) is 20.6. The predicted molar refractivity (Wildman–Crippen MR) is 109 cm³/mol. The van der Waals surface area contributed by atoms with E-state index in [-0.39, 0.29) is 17.2 Å². The smallest absolute Gasteiger partial charge is 0.269 e. The first kappa shape index (κ1) is 17.9. The van der Waals surface area contributed by atoms with E-state index >= 15 is 0 Å². The highest BCUT2D eigenvalue weighted by Gasteiger charge is 2.64. The number of piperidine rings is 1. The van der Waals surface area contributed by atoms with Crippen LogP contribution in [0.5, 0.6) is 17.2 Å². The third kappa shape index (κ3) is 2.22. The fourth-order valence-corrected chi connectivity index (χ4v) is 6.07. The Kier molecular flexibility index (Phi) is 3.62. The van der Waals surface area contributed by atoms with Crippen LogP contribution < -0.4 is 9.47 Å². The summed E-state index contributed by atoms with van der Waals surface area (Å²) in [7, 11) is 2.18. The summed E-state index contributed by atoms with van der Waals surface area (Å²) in [4.78, 5) is 12.9. The van der Waals surface area contributed by atoms with Crippen molar-refractivity contribution in [2.75, 3.05) is 13.6 Å². The van der Waals surface area contributed by atoms with E-state index in [0.29, 0.717) is 29.2 Å². The van der Waals surface area contributed by atoms with Crippen LogP contribution in [0, 0.1) is 16.0 Å². The third-order valence-electron chi connectivity index (χ3n) is 7.41. The molecule has 2 aromatic rings. The summed E-state index contributed by atoms with van der Waals surface area (Å²) in [5.41, 5.74) is 2.24. The van der Waals surface area contributed by atoms with Gasteiger partial charge in [-0.05, 0) is 50.2 Å².